The van der Waals surface area contributed by atoms with Crippen LogP contribution in [0.4, 0.5) is 0 Å². The number of para-hydroxylation sites is 1. The lowest BCUT2D eigenvalue weighted by Gasteiger charge is -2.34. The fourth-order valence-corrected chi connectivity index (χ4v) is 5.65. The molecule has 4 atom stereocenters. The van der Waals surface area contributed by atoms with Gasteiger partial charge in [-0.2, -0.15) is 0 Å². The van der Waals surface area contributed by atoms with E-state index >= 15 is 0 Å². The van der Waals surface area contributed by atoms with Crippen LogP contribution in [0.25, 0.3) is 11.0 Å². The van der Waals surface area contributed by atoms with Gasteiger partial charge < -0.3 is 9.52 Å². The first kappa shape index (κ1) is 18.4. The SMILES string of the molecule is O=C1NC(=O)C2C1C(c1cc3ccccc3o1)NC2(CC1CCCCC1)C(=O)O. The van der Waals surface area contributed by atoms with Gasteiger partial charge in [0.2, 0.25) is 11.8 Å². The van der Waals surface area contributed by atoms with Crippen LogP contribution < -0.4 is 10.6 Å². The molecule has 0 radical (unpaired) electrons. The molecule has 0 spiro atoms. The number of furan rings is 1. The van der Waals surface area contributed by atoms with E-state index in [0.29, 0.717) is 17.8 Å². The Hall–Kier alpha value is -2.67. The maximum absolute atomic E-state index is 12.7. The van der Waals surface area contributed by atoms with Gasteiger partial charge in [-0.25, -0.2) is 0 Å². The molecule has 7 nitrogen and oxygen atoms in total. The molecule has 29 heavy (non-hydrogen) atoms. The van der Waals surface area contributed by atoms with Crippen LogP contribution in [-0.2, 0) is 14.4 Å². The fraction of sp³-hybridized carbons (Fsp3) is 0.500. The molecular weight excluding hydrogens is 372 g/mol. The number of amides is 2. The normalized spacial score (nSPS) is 32.5. The highest BCUT2D eigenvalue weighted by molar-refractivity contribution is 6.09. The Bertz CT molecular complexity index is 959. The molecule has 152 valence electrons. The number of carbonyl (C=O) groups is 3. The van der Waals surface area contributed by atoms with Crippen molar-refractivity contribution in [2.75, 3.05) is 0 Å². The number of aliphatic carboxylic acids is 1. The van der Waals surface area contributed by atoms with E-state index in [2.05, 4.69) is 10.6 Å². The second-order valence-electron chi connectivity index (χ2n) is 8.65. The van der Waals surface area contributed by atoms with Crippen molar-refractivity contribution in [3.8, 4) is 0 Å². The van der Waals surface area contributed by atoms with Crippen LogP contribution in [0.1, 0.15) is 50.3 Å². The highest BCUT2D eigenvalue weighted by atomic mass is 16.4. The summed E-state index contributed by atoms with van der Waals surface area (Å²) in [4.78, 5) is 37.9. The number of rotatable bonds is 4. The van der Waals surface area contributed by atoms with Crippen LogP contribution in [-0.4, -0.2) is 28.4 Å². The average Bonchev–Trinajstić information content (AvgIpc) is 3.36. The van der Waals surface area contributed by atoms with E-state index in [9.17, 15) is 19.5 Å². The lowest BCUT2D eigenvalue weighted by atomic mass is 9.72. The van der Waals surface area contributed by atoms with Gasteiger partial charge in [-0.3, -0.25) is 25.0 Å². The summed E-state index contributed by atoms with van der Waals surface area (Å²) in [6.07, 6.45) is 5.58. The van der Waals surface area contributed by atoms with E-state index in [-0.39, 0.29) is 5.92 Å². The van der Waals surface area contributed by atoms with E-state index in [0.717, 1.165) is 37.5 Å². The molecule has 2 aromatic rings. The van der Waals surface area contributed by atoms with Crippen molar-refractivity contribution >= 4 is 28.8 Å². The quantitative estimate of drug-likeness (QED) is 0.686. The van der Waals surface area contributed by atoms with Crippen molar-refractivity contribution in [1.29, 1.82) is 0 Å². The smallest absolute Gasteiger partial charge is 0.324 e. The van der Waals surface area contributed by atoms with E-state index in [1.165, 1.54) is 0 Å². The molecular formula is C22H24N2O5. The Labute approximate surface area is 167 Å². The zero-order chi connectivity index (χ0) is 20.2. The fourth-order valence-electron chi connectivity index (χ4n) is 5.65. The van der Waals surface area contributed by atoms with Gasteiger partial charge in [0, 0.05) is 5.39 Å². The summed E-state index contributed by atoms with van der Waals surface area (Å²) in [6.45, 7) is 0. The first-order valence-electron chi connectivity index (χ1n) is 10.3. The zero-order valence-corrected chi connectivity index (χ0v) is 16.0. The first-order valence-corrected chi connectivity index (χ1v) is 10.3. The number of carboxylic acid groups (broad SMARTS) is 1. The van der Waals surface area contributed by atoms with E-state index in [1.54, 1.807) is 0 Å². The number of fused-ring (bicyclic) bond motifs is 2. The summed E-state index contributed by atoms with van der Waals surface area (Å²) in [5, 5.41) is 16.7. The largest absolute Gasteiger partial charge is 0.480 e. The Balaban J connectivity index is 1.57. The van der Waals surface area contributed by atoms with Crippen LogP contribution in [0.15, 0.2) is 34.7 Å². The molecule has 1 saturated carbocycles. The second kappa shape index (κ2) is 6.69. The van der Waals surface area contributed by atoms with Crippen LogP contribution >= 0.6 is 0 Å². The minimum atomic E-state index is -1.47. The first-order chi connectivity index (χ1) is 14.0. The third-order valence-corrected chi connectivity index (χ3v) is 6.96. The lowest BCUT2D eigenvalue weighted by Crippen LogP contribution is -2.56. The Morgan fingerprint density at radius 2 is 1.90 bits per heavy atom. The third kappa shape index (κ3) is 2.79. The predicted octanol–water partition coefficient (Wildman–Crippen LogP) is 2.76. The van der Waals surface area contributed by atoms with E-state index in [4.69, 9.17) is 4.42 Å². The molecule has 3 heterocycles. The molecule has 3 aliphatic rings. The number of carboxylic acids is 1. The minimum absolute atomic E-state index is 0.228. The molecule has 7 heteroatoms. The second-order valence-corrected chi connectivity index (χ2v) is 8.65. The van der Waals surface area contributed by atoms with Gasteiger partial charge in [-0.15, -0.1) is 0 Å². The molecule has 1 aliphatic carbocycles. The Morgan fingerprint density at radius 3 is 2.62 bits per heavy atom. The predicted molar refractivity (Wildman–Crippen MR) is 104 cm³/mol. The van der Waals surface area contributed by atoms with Gasteiger partial charge >= 0.3 is 5.97 Å². The zero-order valence-electron chi connectivity index (χ0n) is 16.0. The van der Waals surface area contributed by atoms with Gasteiger partial charge in [0.1, 0.15) is 16.9 Å². The standard InChI is InChI=1S/C22H24N2O5/c25-19-16-17(20(26)23-19)22(21(27)28,11-12-6-2-1-3-7-12)24-18(16)15-10-13-8-4-5-9-14(13)29-15/h4-5,8-10,12,16-18,24H,1-3,6-7,11H2,(H,27,28)(H,23,25,26). The molecule has 2 saturated heterocycles. The molecule has 3 N–H and O–H groups in total. The van der Waals surface area contributed by atoms with Gasteiger partial charge in [0.15, 0.2) is 0 Å². The van der Waals surface area contributed by atoms with Gasteiger partial charge in [0.25, 0.3) is 0 Å². The number of carbonyl (C=O) groups excluding carboxylic acids is 2. The maximum atomic E-state index is 12.7. The van der Waals surface area contributed by atoms with Crippen molar-refractivity contribution in [1.82, 2.24) is 10.6 Å². The number of benzene rings is 1. The lowest BCUT2D eigenvalue weighted by molar-refractivity contribution is -0.150. The Morgan fingerprint density at radius 1 is 1.14 bits per heavy atom. The average molecular weight is 396 g/mol. The number of hydrogen-bond acceptors (Lipinski definition) is 5. The molecule has 4 unspecified atom stereocenters. The summed E-state index contributed by atoms with van der Waals surface area (Å²) >= 11 is 0. The number of imide groups is 1. The van der Waals surface area contributed by atoms with Crippen molar-refractivity contribution in [2.24, 2.45) is 17.8 Å². The molecule has 1 aromatic carbocycles. The van der Waals surface area contributed by atoms with Crippen molar-refractivity contribution < 1.29 is 23.9 Å². The molecule has 2 aliphatic heterocycles. The highest BCUT2D eigenvalue weighted by Gasteiger charge is 2.67. The number of nitrogens with one attached hydrogen (secondary N) is 2. The topological polar surface area (TPSA) is 109 Å². The van der Waals surface area contributed by atoms with Crippen LogP contribution in [0.3, 0.4) is 0 Å². The molecule has 1 aromatic heterocycles. The molecule has 0 bridgehead atoms. The molecule has 5 rings (SSSR count). The van der Waals surface area contributed by atoms with Gasteiger partial charge in [0.05, 0.1) is 17.9 Å². The summed E-state index contributed by atoms with van der Waals surface area (Å²) in [6, 6.07) is 8.66. The van der Waals surface area contributed by atoms with E-state index < -0.39 is 41.2 Å². The summed E-state index contributed by atoms with van der Waals surface area (Å²) in [5.74, 6) is -2.99. The molecule has 3 fully saturated rings. The van der Waals surface area contributed by atoms with Gasteiger partial charge in [-0.1, -0.05) is 50.3 Å². The third-order valence-electron chi connectivity index (χ3n) is 6.96. The van der Waals surface area contributed by atoms with Crippen LogP contribution in [0, 0.1) is 17.8 Å². The van der Waals surface area contributed by atoms with Crippen molar-refractivity contribution in [3.05, 3.63) is 36.1 Å². The number of hydrogen-bond donors (Lipinski definition) is 3. The van der Waals surface area contributed by atoms with E-state index in [1.807, 2.05) is 30.3 Å². The van der Waals surface area contributed by atoms with Crippen molar-refractivity contribution in [2.45, 2.75) is 50.1 Å². The van der Waals surface area contributed by atoms with Crippen LogP contribution in [0.2, 0.25) is 0 Å². The highest BCUT2D eigenvalue weighted by Crippen LogP contribution is 2.50. The Kier molecular flexibility index (Phi) is 4.24. The van der Waals surface area contributed by atoms with Gasteiger partial charge in [-0.05, 0) is 24.5 Å². The maximum Gasteiger partial charge on any atom is 0.324 e. The van der Waals surface area contributed by atoms with Crippen LogP contribution in [0.5, 0.6) is 0 Å². The monoisotopic (exact) mass is 396 g/mol. The molecule has 2 amide bonds. The minimum Gasteiger partial charge on any atom is -0.480 e. The summed E-state index contributed by atoms with van der Waals surface area (Å²) in [5.41, 5.74) is -0.794. The summed E-state index contributed by atoms with van der Waals surface area (Å²) < 4.78 is 5.96. The summed E-state index contributed by atoms with van der Waals surface area (Å²) in [7, 11) is 0. The van der Waals surface area contributed by atoms with Crippen molar-refractivity contribution in [3.63, 3.8) is 0 Å².